The van der Waals surface area contributed by atoms with E-state index in [0.29, 0.717) is 31.5 Å². The van der Waals surface area contributed by atoms with E-state index in [0.717, 1.165) is 54.0 Å². The van der Waals surface area contributed by atoms with E-state index in [9.17, 15) is 18.0 Å². The number of hydrogen-bond donors (Lipinski definition) is 1. The number of benzene rings is 1. The molecule has 3 aromatic rings. The van der Waals surface area contributed by atoms with Crippen LogP contribution in [0.3, 0.4) is 0 Å². The number of likely N-dealkylation sites (tertiary alicyclic amines) is 1. The summed E-state index contributed by atoms with van der Waals surface area (Å²) in [5, 5.41) is 11.6. The van der Waals surface area contributed by atoms with Crippen LogP contribution >= 0.6 is 0 Å². The van der Waals surface area contributed by atoms with Crippen LogP contribution in [0.1, 0.15) is 60.8 Å². The molecular weight excluding hydrogens is 431 g/mol. The van der Waals surface area contributed by atoms with Crippen LogP contribution in [0.2, 0.25) is 0 Å². The zero-order valence-corrected chi connectivity index (χ0v) is 18.8. The van der Waals surface area contributed by atoms with Crippen LogP contribution in [-0.4, -0.2) is 37.3 Å². The van der Waals surface area contributed by atoms with Crippen molar-refractivity contribution in [1.29, 1.82) is 0 Å². The fourth-order valence-electron chi connectivity index (χ4n) is 4.57. The number of halogens is 3. The highest BCUT2D eigenvalue weighted by atomic mass is 19.4. The molecule has 0 radical (unpaired) electrons. The Hall–Kier alpha value is -3.10. The Morgan fingerprint density at radius 2 is 1.94 bits per heavy atom. The Morgan fingerprint density at radius 1 is 1.18 bits per heavy atom. The zero-order chi connectivity index (χ0) is 23.6. The van der Waals surface area contributed by atoms with Gasteiger partial charge in [-0.15, -0.1) is 0 Å². The van der Waals surface area contributed by atoms with Crippen LogP contribution in [0.4, 0.5) is 13.2 Å². The molecule has 0 aliphatic carbocycles. The maximum absolute atomic E-state index is 13.1. The maximum atomic E-state index is 13.1. The van der Waals surface area contributed by atoms with Gasteiger partial charge in [-0.1, -0.05) is 12.1 Å². The summed E-state index contributed by atoms with van der Waals surface area (Å²) < 4.78 is 40.7. The number of aromatic nitrogens is 4. The molecule has 33 heavy (non-hydrogen) atoms. The van der Waals surface area contributed by atoms with Crippen molar-refractivity contribution in [3.63, 3.8) is 0 Å². The Balaban J connectivity index is 1.48. The molecular formula is C24H28F3N5O. The molecule has 3 heterocycles. The van der Waals surface area contributed by atoms with Crippen LogP contribution in [0.25, 0.3) is 11.1 Å². The van der Waals surface area contributed by atoms with Crippen molar-refractivity contribution in [2.75, 3.05) is 6.54 Å². The molecule has 4 rings (SSSR count). The number of aryl methyl sites for hydroxylation is 3. The molecule has 0 saturated carbocycles. The van der Waals surface area contributed by atoms with Gasteiger partial charge in [0, 0.05) is 30.8 Å². The Labute approximate surface area is 190 Å². The van der Waals surface area contributed by atoms with Crippen molar-refractivity contribution in [3.05, 3.63) is 59.2 Å². The van der Waals surface area contributed by atoms with Crippen molar-refractivity contribution in [1.82, 2.24) is 24.9 Å². The van der Waals surface area contributed by atoms with Crippen molar-refractivity contribution in [2.45, 2.75) is 64.7 Å². The minimum atomic E-state index is -4.38. The summed E-state index contributed by atoms with van der Waals surface area (Å²) in [7, 11) is 0. The average molecular weight is 460 g/mol. The number of rotatable bonds is 6. The van der Waals surface area contributed by atoms with Crippen LogP contribution in [0.5, 0.6) is 0 Å². The summed E-state index contributed by atoms with van der Waals surface area (Å²) in [6, 6.07) is 6.92. The molecule has 1 saturated heterocycles. The van der Waals surface area contributed by atoms with Crippen molar-refractivity contribution in [2.24, 2.45) is 0 Å². The Bertz CT molecular complexity index is 1100. The summed E-state index contributed by atoms with van der Waals surface area (Å²) >= 11 is 0. The van der Waals surface area contributed by atoms with Gasteiger partial charge in [0.2, 0.25) is 5.91 Å². The first-order valence-corrected chi connectivity index (χ1v) is 11.3. The smallest absolute Gasteiger partial charge is 0.334 e. The second kappa shape index (κ2) is 9.41. The third-order valence-corrected chi connectivity index (χ3v) is 6.21. The highest BCUT2D eigenvalue weighted by Gasteiger charge is 2.32. The summed E-state index contributed by atoms with van der Waals surface area (Å²) in [6.45, 7) is 5.30. The van der Waals surface area contributed by atoms with Crippen molar-refractivity contribution < 1.29 is 18.0 Å². The lowest BCUT2D eigenvalue weighted by Crippen LogP contribution is -2.38. The number of carbonyl (C=O) groups excluding carboxylic acids is 1. The summed E-state index contributed by atoms with van der Waals surface area (Å²) in [6.07, 6.45) is 1.06. The molecule has 2 aromatic heterocycles. The van der Waals surface area contributed by atoms with E-state index in [4.69, 9.17) is 0 Å². The number of alkyl halides is 3. The first kappa shape index (κ1) is 23.1. The van der Waals surface area contributed by atoms with E-state index in [1.54, 1.807) is 6.20 Å². The van der Waals surface area contributed by atoms with Crippen LogP contribution < -0.4 is 0 Å². The van der Waals surface area contributed by atoms with Gasteiger partial charge in [0.15, 0.2) is 0 Å². The zero-order valence-electron chi connectivity index (χ0n) is 18.8. The van der Waals surface area contributed by atoms with E-state index >= 15 is 0 Å². The van der Waals surface area contributed by atoms with Gasteiger partial charge < -0.3 is 4.90 Å². The van der Waals surface area contributed by atoms with Gasteiger partial charge in [-0.25, -0.2) is 0 Å². The van der Waals surface area contributed by atoms with Crippen LogP contribution in [0.15, 0.2) is 36.5 Å². The van der Waals surface area contributed by atoms with Crippen molar-refractivity contribution >= 4 is 5.91 Å². The van der Waals surface area contributed by atoms with E-state index in [1.165, 1.54) is 12.1 Å². The molecule has 6 nitrogen and oxygen atoms in total. The Morgan fingerprint density at radius 3 is 2.61 bits per heavy atom. The predicted molar refractivity (Wildman–Crippen MR) is 118 cm³/mol. The lowest BCUT2D eigenvalue weighted by Gasteiger charge is -2.36. The maximum Gasteiger partial charge on any atom is 0.416 e. The second-order valence-corrected chi connectivity index (χ2v) is 8.62. The molecule has 1 amide bonds. The first-order valence-electron chi connectivity index (χ1n) is 11.3. The summed E-state index contributed by atoms with van der Waals surface area (Å²) in [5.74, 6) is 0.0780. The van der Waals surface area contributed by atoms with E-state index in [-0.39, 0.29) is 11.9 Å². The standard InChI is InChI=1S/C24H28F3N5O/c1-16-14-17(2)32(30-16)13-5-7-22(33)31-12-4-3-6-21(31)23-20(15-28-29-23)18-8-10-19(11-9-18)24(25,26)27/h8-11,14-15,21H,3-7,12-13H2,1-2H3,(H,28,29). The largest absolute Gasteiger partial charge is 0.416 e. The fraction of sp³-hybridized carbons (Fsp3) is 0.458. The number of H-pyrrole nitrogens is 1. The number of nitrogens with one attached hydrogen (secondary N) is 1. The van der Waals surface area contributed by atoms with Crippen LogP contribution in [0, 0.1) is 13.8 Å². The predicted octanol–water partition coefficient (Wildman–Crippen LogP) is 5.44. The SMILES string of the molecule is Cc1cc(C)n(CCCC(=O)N2CCCCC2c2[nH]ncc2-c2ccc(C(F)(F)F)cc2)n1. The van der Waals surface area contributed by atoms with Gasteiger partial charge in [0.1, 0.15) is 0 Å². The molecule has 1 atom stereocenters. The minimum absolute atomic E-state index is 0.0780. The average Bonchev–Trinajstić information content (AvgIpc) is 3.39. The number of hydrogen-bond acceptors (Lipinski definition) is 3. The molecule has 9 heteroatoms. The van der Waals surface area contributed by atoms with Gasteiger partial charge >= 0.3 is 6.18 Å². The number of nitrogens with zero attached hydrogens (tertiary/aromatic N) is 4. The number of piperidine rings is 1. The number of aromatic amines is 1. The molecule has 176 valence electrons. The third kappa shape index (κ3) is 5.12. The van der Waals surface area contributed by atoms with Crippen LogP contribution in [-0.2, 0) is 17.5 Å². The van der Waals surface area contributed by atoms with E-state index < -0.39 is 11.7 Å². The molecule has 1 aliphatic rings. The number of carbonyl (C=O) groups is 1. The van der Waals surface area contributed by atoms with E-state index in [2.05, 4.69) is 15.3 Å². The molecule has 0 bridgehead atoms. The van der Waals surface area contributed by atoms with Gasteiger partial charge in [-0.2, -0.15) is 23.4 Å². The van der Waals surface area contributed by atoms with E-state index in [1.807, 2.05) is 29.5 Å². The lowest BCUT2D eigenvalue weighted by molar-refractivity contribution is -0.137. The molecule has 1 aromatic carbocycles. The van der Waals surface area contributed by atoms with Gasteiger partial charge in [-0.3, -0.25) is 14.6 Å². The minimum Gasteiger partial charge on any atom is -0.334 e. The molecule has 1 unspecified atom stereocenters. The molecule has 1 N–H and O–H groups in total. The molecule has 1 fully saturated rings. The second-order valence-electron chi connectivity index (χ2n) is 8.62. The monoisotopic (exact) mass is 459 g/mol. The summed E-state index contributed by atoms with van der Waals surface area (Å²) in [5.41, 5.74) is 3.51. The van der Waals surface area contributed by atoms with Gasteiger partial charge in [0.05, 0.1) is 29.2 Å². The fourth-order valence-corrected chi connectivity index (χ4v) is 4.57. The normalized spacial score (nSPS) is 16.9. The van der Waals surface area contributed by atoms with Gasteiger partial charge in [0.25, 0.3) is 0 Å². The third-order valence-electron chi connectivity index (χ3n) is 6.21. The Kier molecular flexibility index (Phi) is 6.58. The van der Waals surface area contributed by atoms with Gasteiger partial charge in [-0.05, 0) is 63.3 Å². The molecule has 0 spiro atoms. The number of amides is 1. The van der Waals surface area contributed by atoms with Crippen molar-refractivity contribution in [3.8, 4) is 11.1 Å². The highest BCUT2D eigenvalue weighted by molar-refractivity contribution is 5.77. The summed E-state index contributed by atoms with van der Waals surface area (Å²) in [4.78, 5) is 15.0. The molecule has 1 aliphatic heterocycles. The quantitative estimate of drug-likeness (QED) is 0.534. The first-order chi connectivity index (χ1) is 15.7. The lowest BCUT2D eigenvalue weighted by atomic mass is 9.94. The topological polar surface area (TPSA) is 66.8 Å². The highest BCUT2D eigenvalue weighted by Crippen LogP contribution is 2.37.